The normalized spacial score (nSPS) is 15.8. The minimum atomic E-state index is 0.211. The Balaban J connectivity index is 1.50. The third-order valence-electron chi connectivity index (χ3n) is 3.58. The molecule has 2 heterocycles. The molecular weight excluding hydrogens is 252 g/mol. The van der Waals surface area contributed by atoms with E-state index in [1.165, 1.54) is 0 Å². The minimum absolute atomic E-state index is 0.211. The molecule has 1 aromatic heterocycles. The number of hydrogen-bond donors (Lipinski definition) is 3. The van der Waals surface area contributed by atoms with Gasteiger partial charge in [-0.05, 0) is 50.9 Å². The first-order valence-electron chi connectivity index (χ1n) is 7.49. The molecule has 2 rings (SSSR count). The predicted octanol–water partition coefficient (Wildman–Crippen LogP) is 1.39. The quantitative estimate of drug-likeness (QED) is 0.658. The highest BCUT2D eigenvalue weighted by molar-refractivity contribution is 5.78. The lowest BCUT2D eigenvalue weighted by Gasteiger charge is -2.21. The predicted molar refractivity (Wildman–Crippen MR) is 80.6 cm³/mol. The maximum Gasteiger partial charge on any atom is 0.223 e. The van der Waals surface area contributed by atoms with E-state index in [2.05, 4.69) is 20.9 Å². The van der Waals surface area contributed by atoms with Crippen LogP contribution in [0, 0.1) is 5.92 Å². The van der Waals surface area contributed by atoms with E-state index in [1.54, 1.807) is 6.20 Å². The SMILES string of the molecule is O=C(NCCCCNc1ccccn1)C1CCNCC1. The number of nitrogens with one attached hydrogen (secondary N) is 3. The van der Waals surface area contributed by atoms with E-state index in [-0.39, 0.29) is 11.8 Å². The van der Waals surface area contributed by atoms with Gasteiger partial charge in [-0.3, -0.25) is 4.79 Å². The first-order valence-corrected chi connectivity index (χ1v) is 7.49. The van der Waals surface area contributed by atoms with Crippen LogP contribution in [0.3, 0.4) is 0 Å². The van der Waals surface area contributed by atoms with Gasteiger partial charge >= 0.3 is 0 Å². The molecule has 0 radical (unpaired) electrons. The second kappa shape index (κ2) is 8.53. The van der Waals surface area contributed by atoms with E-state index in [9.17, 15) is 4.79 Å². The summed E-state index contributed by atoms with van der Waals surface area (Å²) >= 11 is 0. The van der Waals surface area contributed by atoms with Gasteiger partial charge in [0.15, 0.2) is 0 Å². The van der Waals surface area contributed by atoms with E-state index in [1.807, 2.05) is 18.2 Å². The molecule has 1 fully saturated rings. The van der Waals surface area contributed by atoms with Crippen LogP contribution in [0.1, 0.15) is 25.7 Å². The lowest BCUT2D eigenvalue weighted by atomic mass is 9.97. The number of pyridine rings is 1. The van der Waals surface area contributed by atoms with E-state index in [0.717, 1.165) is 57.7 Å². The van der Waals surface area contributed by atoms with Crippen molar-refractivity contribution in [3.8, 4) is 0 Å². The van der Waals surface area contributed by atoms with Crippen LogP contribution >= 0.6 is 0 Å². The second-order valence-electron chi connectivity index (χ2n) is 5.16. The molecule has 0 aromatic carbocycles. The monoisotopic (exact) mass is 276 g/mol. The molecule has 5 nitrogen and oxygen atoms in total. The number of rotatable bonds is 7. The van der Waals surface area contributed by atoms with E-state index < -0.39 is 0 Å². The summed E-state index contributed by atoms with van der Waals surface area (Å²) in [5.41, 5.74) is 0. The summed E-state index contributed by atoms with van der Waals surface area (Å²) in [7, 11) is 0. The Labute approximate surface area is 120 Å². The van der Waals surface area contributed by atoms with Gasteiger partial charge in [0.25, 0.3) is 0 Å². The first-order chi connectivity index (χ1) is 9.86. The highest BCUT2D eigenvalue weighted by Gasteiger charge is 2.19. The van der Waals surface area contributed by atoms with Crippen LogP contribution in [0.2, 0.25) is 0 Å². The van der Waals surface area contributed by atoms with E-state index in [4.69, 9.17) is 0 Å². The average molecular weight is 276 g/mol. The summed E-state index contributed by atoms with van der Waals surface area (Å²) in [6, 6.07) is 5.83. The molecule has 1 saturated heterocycles. The Morgan fingerprint density at radius 3 is 2.80 bits per heavy atom. The summed E-state index contributed by atoms with van der Waals surface area (Å²) in [4.78, 5) is 16.1. The molecule has 0 spiro atoms. The molecule has 1 aliphatic rings. The highest BCUT2D eigenvalue weighted by atomic mass is 16.1. The van der Waals surface area contributed by atoms with Gasteiger partial charge in [0.05, 0.1) is 0 Å². The lowest BCUT2D eigenvalue weighted by Crippen LogP contribution is -2.38. The molecule has 0 unspecified atom stereocenters. The van der Waals surface area contributed by atoms with Crippen molar-refractivity contribution in [1.29, 1.82) is 0 Å². The summed E-state index contributed by atoms with van der Waals surface area (Å²) in [6.07, 6.45) is 5.74. The zero-order valence-electron chi connectivity index (χ0n) is 11.9. The molecule has 0 bridgehead atoms. The van der Waals surface area contributed by atoms with Gasteiger partial charge in [-0.25, -0.2) is 4.98 Å². The number of carbonyl (C=O) groups is 1. The van der Waals surface area contributed by atoms with Crippen molar-refractivity contribution in [2.75, 3.05) is 31.5 Å². The number of nitrogens with zero attached hydrogens (tertiary/aromatic N) is 1. The van der Waals surface area contributed by atoms with Crippen LogP contribution < -0.4 is 16.0 Å². The van der Waals surface area contributed by atoms with Gasteiger partial charge in [-0.2, -0.15) is 0 Å². The summed E-state index contributed by atoms with van der Waals surface area (Å²) < 4.78 is 0. The minimum Gasteiger partial charge on any atom is -0.370 e. The Morgan fingerprint density at radius 1 is 1.25 bits per heavy atom. The fourth-order valence-corrected chi connectivity index (χ4v) is 2.37. The second-order valence-corrected chi connectivity index (χ2v) is 5.16. The topological polar surface area (TPSA) is 66.0 Å². The summed E-state index contributed by atoms with van der Waals surface area (Å²) in [5.74, 6) is 1.35. The van der Waals surface area contributed by atoms with Gasteiger partial charge < -0.3 is 16.0 Å². The summed E-state index contributed by atoms with van der Waals surface area (Å²) in [5, 5.41) is 9.58. The van der Waals surface area contributed by atoms with Gasteiger partial charge in [-0.1, -0.05) is 6.07 Å². The average Bonchev–Trinajstić information content (AvgIpc) is 2.52. The Morgan fingerprint density at radius 2 is 2.05 bits per heavy atom. The van der Waals surface area contributed by atoms with Crippen molar-refractivity contribution in [2.45, 2.75) is 25.7 Å². The molecule has 0 atom stereocenters. The lowest BCUT2D eigenvalue weighted by molar-refractivity contribution is -0.125. The van der Waals surface area contributed by atoms with Crippen molar-refractivity contribution < 1.29 is 4.79 Å². The fourth-order valence-electron chi connectivity index (χ4n) is 2.37. The zero-order valence-corrected chi connectivity index (χ0v) is 11.9. The van der Waals surface area contributed by atoms with Crippen molar-refractivity contribution in [1.82, 2.24) is 15.6 Å². The molecule has 110 valence electrons. The van der Waals surface area contributed by atoms with Crippen LogP contribution in [0.5, 0.6) is 0 Å². The Kier molecular flexibility index (Phi) is 6.31. The third-order valence-corrected chi connectivity index (χ3v) is 3.58. The molecule has 0 aliphatic carbocycles. The Hall–Kier alpha value is -1.62. The fraction of sp³-hybridized carbons (Fsp3) is 0.600. The molecule has 1 aromatic rings. The van der Waals surface area contributed by atoms with Gasteiger partial charge in [0, 0.05) is 25.2 Å². The standard InChI is InChI=1S/C15H24N4O/c20-15(13-6-11-16-12-7-13)19-10-4-3-9-18-14-5-1-2-8-17-14/h1-2,5,8,13,16H,3-4,6-7,9-12H2,(H,17,18)(H,19,20). The highest BCUT2D eigenvalue weighted by Crippen LogP contribution is 2.11. The smallest absolute Gasteiger partial charge is 0.223 e. The summed E-state index contributed by atoms with van der Waals surface area (Å²) in [6.45, 7) is 3.59. The van der Waals surface area contributed by atoms with Gasteiger partial charge in [-0.15, -0.1) is 0 Å². The van der Waals surface area contributed by atoms with Gasteiger partial charge in [0.2, 0.25) is 5.91 Å². The number of hydrogen-bond acceptors (Lipinski definition) is 4. The maximum absolute atomic E-state index is 11.9. The van der Waals surface area contributed by atoms with E-state index >= 15 is 0 Å². The molecular formula is C15H24N4O. The molecule has 0 saturated carbocycles. The number of amides is 1. The third kappa shape index (κ3) is 5.17. The van der Waals surface area contributed by atoms with Gasteiger partial charge in [0.1, 0.15) is 5.82 Å². The number of aromatic nitrogens is 1. The van der Waals surface area contributed by atoms with Crippen molar-refractivity contribution in [2.24, 2.45) is 5.92 Å². The maximum atomic E-state index is 11.9. The number of unbranched alkanes of at least 4 members (excludes halogenated alkanes) is 1. The number of piperidine rings is 1. The Bertz CT molecular complexity index is 390. The van der Waals surface area contributed by atoms with Crippen LogP contribution in [0.4, 0.5) is 5.82 Å². The largest absolute Gasteiger partial charge is 0.370 e. The molecule has 20 heavy (non-hydrogen) atoms. The van der Waals surface area contributed by atoms with Crippen molar-refractivity contribution >= 4 is 11.7 Å². The van der Waals surface area contributed by atoms with Crippen LogP contribution in [-0.2, 0) is 4.79 Å². The van der Waals surface area contributed by atoms with Crippen LogP contribution in [-0.4, -0.2) is 37.1 Å². The van der Waals surface area contributed by atoms with Crippen molar-refractivity contribution in [3.63, 3.8) is 0 Å². The molecule has 3 N–H and O–H groups in total. The zero-order chi connectivity index (χ0) is 14.0. The molecule has 1 aliphatic heterocycles. The van der Waals surface area contributed by atoms with Crippen molar-refractivity contribution in [3.05, 3.63) is 24.4 Å². The molecule has 5 heteroatoms. The van der Waals surface area contributed by atoms with E-state index in [0.29, 0.717) is 0 Å². The van der Waals surface area contributed by atoms with Crippen LogP contribution in [0.25, 0.3) is 0 Å². The molecule has 1 amide bonds. The number of carbonyl (C=O) groups excluding carboxylic acids is 1. The number of anilines is 1. The van der Waals surface area contributed by atoms with Crippen LogP contribution in [0.15, 0.2) is 24.4 Å². The first kappa shape index (κ1) is 14.8.